The van der Waals surface area contributed by atoms with Gasteiger partial charge in [-0.1, -0.05) is 96.8 Å². The van der Waals surface area contributed by atoms with E-state index >= 15 is 0 Å². The van der Waals surface area contributed by atoms with Crippen molar-refractivity contribution in [3.05, 3.63) is 0 Å². The number of amides is 4. The van der Waals surface area contributed by atoms with E-state index in [1.807, 2.05) is 5.48 Å². The third-order valence-electron chi connectivity index (χ3n) is 11.9. The maximum absolute atomic E-state index is 12.5. The molecule has 0 aliphatic heterocycles. The largest absolute Gasteiger partial charge is 0.481 e. The zero-order valence-corrected chi connectivity index (χ0v) is 45.4. The summed E-state index contributed by atoms with van der Waals surface area (Å²) in [4.78, 5) is 105. The van der Waals surface area contributed by atoms with Crippen molar-refractivity contribution in [3.63, 3.8) is 0 Å². The predicted octanol–water partition coefficient (Wildman–Crippen LogP) is 2.99. The van der Waals surface area contributed by atoms with Crippen LogP contribution in [-0.4, -0.2) is 167 Å². The molecule has 0 rings (SSSR count). The number of rotatable bonds is 56. The van der Waals surface area contributed by atoms with Crippen LogP contribution in [0.25, 0.3) is 0 Å². The van der Waals surface area contributed by atoms with Gasteiger partial charge in [0.25, 0.3) is 0 Å². The molecule has 0 fully saturated rings. The number of hydrogen-bond donors (Lipinski definition) is 11. The van der Waals surface area contributed by atoms with Crippen molar-refractivity contribution in [2.24, 2.45) is 5.90 Å². The summed E-state index contributed by atoms with van der Waals surface area (Å²) < 4.78 is 21.4. The Kier molecular flexibility index (Phi) is 49.3. The molecule has 76 heavy (non-hydrogen) atoms. The molecule has 0 aromatic heterocycles. The number of nitrogens with one attached hydrogen (secondary N) is 7. The van der Waals surface area contributed by atoms with Crippen LogP contribution in [0.4, 0.5) is 0 Å². The van der Waals surface area contributed by atoms with Crippen molar-refractivity contribution >= 4 is 47.5 Å². The number of carbonyl (C=O) groups excluding carboxylic acids is 6. The summed E-state index contributed by atoms with van der Waals surface area (Å²) in [5.41, 5.74) is 4.21. The minimum absolute atomic E-state index is 0.0294. The van der Waals surface area contributed by atoms with E-state index in [9.17, 15) is 48.7 Å². The first-order valence-corrected chi connectivity index (χ1v) is 27.7. The Balaban J connectivity index is 3.82. The Labute approximate surface area is 449 Å². The van der Waals surface area contributed by atoms with Crippen LogP contribution in [0.2, 0.25) is 0 Å². The Hall–Kier alpha value is -4.60. The fraction of sp³-hybridized carbons (Fsp3) is 0.843. The summed E-state index contributed by atoms with van der Waals surface area (Å²) in [5, 5.41) is 41.3. The van der Waals surface area contributed by atoms with Gasteiger partial charge in [-0.05, 0) is 70.9 Å². The Morgan fingerprint density at radius 2 is 0.934 bits per heavy atom. The summed E-state index contributed by atoms with van der Waals surface area (Å²) in [6.07, 6.45) is 21.5. The van der Waals surface area contributed by atoms with Crippen molar-refractivity contribution < 1.29 is 82.4 Å². The number of carboxylic acids is 2. The number of unbranched alkanes of at least 4 members (excludes halogenated alkanes) is 16. The second kappa shape index (κ2) is 52.5. The highest BCUT2D eigenvalue weighted by atomic mass is 16.7. The van der Waals surface area contributed by atoms with E-state index in [-0.39, 0.29) is 135 Å². The lowest BCUT2D eigenvalue weighted by Gasteiger charge is -2.18. The number of aliphatic carboxylic acids is 2. The maximum atomic E-state index is 12.5. The van der Waals surface area contributed by atoms with E-state index in [1.165, 1.54) is 70.6 Å². The van der Waals surface area contributed by atoms with Crippen LogP contribution in [0.5, 0.6) is 0 Å². The fourth-order valence-electron chi connectivity index (χ4n) is 7.47. The normalized spacial score (nSPS) is 12.3. The molecule has 0 heterocycles. The molecule has 0 aromatic rings. The molecule has 0 spiro atoms. The summed E-state index contributed by atoms with van der Waals surface area (Å²) in [6, 6.07) is -3.30. The third-order valence-corrected chi connectivity index (χ3v) is 11.9. The number of hydrogen-bond acceptors (Lipinski definition) is 19. The van der Waals surface area contributed by atoms with Gasteiger partial charge in [-0.15, -0.1) is 5.48 Å². The Bertz CT molecular complexity index is 1540. The minimum Gasteiger partial charge on any atom is -0.481 e. The highest BCUT2D eigenvalue weighted by Gasteiger charge is 2.25. The molecule has 0 saturated carbocycles. The second-order valence-electron chi connectivity index (χ2n) is 18.5. The molecule has 0 saturated heterocycles. The molecular weight excluding hydrogens is 997 g/mol. The average molecular weight is 1090 g/mol. The van der Waals surface area contributed by atoms with Crippen molar-refractivity contribution in [1.29, 1.82) is 0 Å². The molecule has 25 heteroatoms. The van der Waals surface area contributed by atoms with Gasteiger partial charge in [-0.3, -0.25) is 24.0 Å². The second-order valence-corrected chi connectivity index (χ2v) is 18.5. The van der Waals surface area contributed by atoms with E-state index in [4.69, 9.17) is 34.8 Å². The van der Waals surface area contributed by atoms with Gasteiger partial charge < -0.3 is 70.6 Å². The van der Waals surface area contributed by atoms with Crippen molar-refractivity contribution in [2.45, 2.75) is 192 Å². The zero-order valence-electron chi connectivity index (χ0n) is 45.4. The molecule has 12 N–H and O–H groups in total. The van der Waals surface area contributed by atoms with Gasteiger partial charge in [0, 0.05) is 38.9 Å². The van der Waals surface area contributed by atoms with Gasteiger partial charge in [0.1, 0.15) is 31.3 Å². The zero-order chi connectivity index (χ0) is 56.1. The quantitative estimate of drug-likeness (QED) is 0.0308. The van der Waals surface area contributed by atoms with Crippen LogP contribution in [0, 0.1) is 0 Å². The summed E-state index contributed by atoms with van der Waals surface area (Å²) in [6.45, 7) is 4.69. The maximum Gasteiger partial charge on any atom is 0.344 e. The highest BCUT2D eigenvalue weighted by molar-refractivity contribution is 5.84. The van der Waals surface area contributed by atoms with E-state index in [1.54, 1.807) is 0 Å². The van der Waals surface area contributed by atoms with Crippen LogP contribution in [0.3, 0.4) is 0 Å². The average Bonchev–Trinajstić information content (AvgIpc) is 3.39. The Morgan fingerprint density at radius 3 is 1.46 bits per heavy atom. The van der Waals surface area contributed by atoms with Crippen LogP contribution in [0.1, 0.15) is 174 Å². The lowest BCUT2D eigenvalue weighted by atomic mass is 10.0. The highest BCUT2D eigenvalue weighted by Crippen LogP contribution is 2.14. The molecule has 4 amide bonds. The molecule has 442 valence electrons. The number of ether oxygens (including phenoxy) is 4. The number of carbonyl (C=O) groups is 8. The molecule has 3 atom stereocenters. The topological polar surface area (TPSA) is 363 Å². The van der Waals surface area contributed by atoms with E-state index < -0.39 is 42.0 Å². The van der Waals surface area contributed by atoms with Crippen molar-refractivity contribution in [3.8, 4) is 0 Å². The summed E-state index contributed by atoms with van der Waals surface area (Å²) in [7, 11) is 0. The monoisotopic (exact) mass is 1090 g/mol. The lowest BCUT2D eigenvalue weighted by molar-refractivity contribution is -0.165. The van der Waals surface area contributed by atoms with Crippen molar-refractivity contribution in [2.75, 3.05) is 85.6 Å². The van der Waals surface area contributed by atoms with Gasteiger partial charge in [-0.2, -0.15) is 11.4 Å². The van der Waals surface area contributed by atoms with Gasteiger partial charge in [-0.25, -0.2) is 14.4 Å². The summed E-state index contributed by atoms with van der Waals surface area (Å²) in [5.74, 6) is -0.168. The molecular formula is C51H96N8O17. The van der Waals surface area contributed by atoms with Crippen LogP contribution in [-0.2, 0) is 67.0 Å². The SMILES string of the molecule is CCCCCCCCCCCCCCCCCC(=O)NC(CCC(=O)NCCOCCOCC(=O)NCCOCCOCC(=O)NCCCCC(NO)C(=O)ONC(CCCCNCCCC(=O)O)C(=O)ON)C(=O)O. The van der Waals surface area contributed by atoms with E-state index in [2.05, 4.69) is 43.8 Å². The third kappa shape index (κ3) is 46.7. The van der Waals surface area contributed by atoms with Crippen LogP contribution in [0.15, 0.2) is 0 Å². The molecule has 0 bridgehead atoms. The standard InChI is InChI=1S/C51H96N8O17/c1-2-3-4-5-6-7-8-9-10-11-12-13-14-15-16-24-45(61)57-41(49(66)67)26-27-44(60)55-31-33-71-35-38-74-40-47(63)56-32-34-72-36-37-73-39-46(62)54-30-20-18-22-42(58-70)51(69)76-59-43(50(68)75-52)23-17-19-28-53-29-21-25-48(64)65/h41-43,53,58-59,70H,2-40,52H2,1H3,(H,54,62)(H,55,60)(H,56,63)(H,57,61)(H,64,65)(H,66,67). The van der Waals surface area contributed by atoms with Gasteiger partial charge in [0.15, 0.2) is 0 Å². The lowest BCUT2D eigenvalue weighted by Crippen LogP contribution is -2.45. The number of hydroxylamine groups is 2. The molecule has 0 aliphatic carbocycles. The Morgan fingerprint density at radius 1 is 0.447 bits per heavy atom. The first-order valence-electron chi connectivity index (χ1n) is 27.7. The van der Waals surface area contributed by atoms with Gasteiger partial charge in [0.2, 0.25) is 23.6 Å². The fourth-order valence-corrected chi connectivity index (χ4v) is 7.47. The van der Waals surface area contributed by atoms with Gasteiger partial charge in [0.05, 0.1) is 39.6 Å². The first-order chi connectivity index (χ1) is 36.8. The predicted molar refractivity (Wildman–Crippen MR) is 280 cm³/mol. The van der Waals surface area contributed by atoms with E-state index in [0.29, 0.717) is 51.6 Å². The summed E-state index contributed by atoms with van der Waals surface area (Å²) >= 11 is 0. The smallest absolute Gasteiger partial charge is 0.344 e. The molecule has 0 aliphatic rings. The molecule has 0 radical (unpaired) electrons. The van der Waals surface area contributed by atoms with Crippen LogP contribution >= 0.6 is 0 Å². The van der Waals surface area contributed by atoms with E-state index in [0.717, 1.165) is 19.3 Å². The van der Waals surface area contributed by atoms with Crippen LogP contribution < -0.4 is 43.4 Å². The number of nitrogens with two attached hydrogens (primary N) is 1. The molecule has 3 unspecified atom stereocenters. The number of carboxylic acid groups (broad SMARTS) is 2. The minimum atomic E-state index is -1.18. The van der Waals surface area contributed by atoms with Crippen molar-refractivity contribution in [1.82, 2.24) is 37.5 Å². The molecule has 0 aromatic carbocycles. The first kappa shape index (κ1) is 71.4. The molecule has 25 nitrogen and oxygen atoms in total. The van der Waals surface area contributed by atoms with Gasteiger partial charge >= 0.3 is 23.9 Å².